The summed E-state index contributed by atoms with van der Waals surface area (Å²) in [5.41, 5.74) is 5.50. The number of rotatable bonds is 5. The van der Waals surface area contributed by atoms with Gasteiger partial charge in [-0.05, 0) is 13.1 Å². The van der Waals surface area contributed by atoms with Crippen molar-refractivity contribution in [2.45, 2.75) is 25.3 Å². The highest BCUT2D eigenvalue weighted by Gasteiger charge is 2.21. The molecule has 0 rings (SSSR count). The summed E-state index contributed by atoms with van der Waals surface area (Å²) < 4.78 is 5.41. The van der Waals surface area contributed by atoms with Gasteiger partial charge in [-0.3, -0.25) is 0 Å². The van der Waals surface area contributed by atoms with Crippen LogP contribution in [0.5, 0.6) is 0 Å². The minimum atomic E-state index is -1.35. The van der Waals surface area contributed by atoms with Gasteiger partial charge in [0.15, 0.2) is 8.32 Å². The van der Waals surface area contributed by atoms with Gasteiger partial charge in [0, 0.05) is 24.3 Å². The van der Waals surface area contributed by atoms with Crippen molar-refractivity contribution in [2.75, 3.05) is 19.0 Å². The molecular formula is C7H19NOSSi. The van der Waals surface area contributed by atoms with Gasteiger partial charge >= 0.3 is 0 Å². The van der Waals surface area contributed by atoms with Crippen LogP contribution in [0.1, 0.15) is 6.92 Å². The van der Waals surface area contributed by atoms with Gasteiger partial charge < -0.3 is 10.2 Å². The van der Waals surface area contributed by atoms with Crippen molar-refractivity contribution >= 4 is 20.1 Å². The Morgan fingerprint density at radius 1 is 1.55 bits per heavy atom. The van der Waals surface area contributed by atoms with Crippen LogP contribution in [-0.2, 0) is 4.43 Å². The average Bonchev–Trinajstić information content (AvgIpc) is 2.00. The van der Waals surface area contributed by atoms with Crippen molar-refractivity contribution in [3.8, 4) is 0 Å². The van der Waals surface area contributed by atoms with E-state index >= 15 is 0 Å². The van der Waals surface area contributed by atoms with Crippen LogP contribution in [-0.4, -0.2) is 32.6 Å². The summed E-state index contributed by atoms with van der Waals surface area (Å²) in [5.74, 6) is 0. The zero-order valence-electron chi connectivity index (χ0n) is 7.89. The molecule has 0 fully saturated rings. The van der Waals surface area contributed by atoms with Gasteiger partial charge in [0.25, 0.3) is 0 Å². The van der Waals surface area contributed by atoms with Crippen LogP contribution in [0.25, 0.3) is 0 Å². The quantitative estimate of drug-likeness (QED) is 0.671. The molecule has 2 N–H and O–H groups in total. The topological polar surface area (TPSA) is 35.2 Å². The van der Waals surface area contributed by atoms with Crippen LogP contribution >= 0.6 is 11.8 Å². The molecule has 4 heteroatoms. The molecule has 0 aliphatic carbocycles. The first-order chi connectivity index (χ1) is 5.02. The lowest BCUT2D eigenvalue weighted by atomic mass is 10.5. The predicted octanol–water partition coefficient (Wildman–Crippen LogP) is 1.46. The fraction of sp³-hybridized carbons (Fsp3) is 1.00. The summed E-state index contributed by atoms with van der Waals surface area (Å²) >= 11 is 1.92. The van der Waals surface area contributed by atoms with Crippen molar-refractivity contribution in [3.05, 3.63) is 0 Å². The molecule has 0 aliphatic rings. The molecule has 68 valence electrons. The Bertz CT molecular complexity index is 111. The second kappa shape index (κ2) is 5.19. The molecule has 0 aliphatic heterocycles. The van der Waals surface area contributed by atoms with E-state index in [-0.39, 0.29) is 0 Å². The van der Waals surface area contributed by atoms with E-state index in [0.717, 1.165) is 11.9 Å². The van der Waals surface area contributed by atoms with E-state index in [1.54, 1.807) is 7.11 Å². The molecule has 1 atom stereocenters. The maximum Gasteiger partial charge on any atom is 0.195 e. The third-order valence-electron chi connectivity index (χ3n) is 1.60. The van der Waals surface area contributed by atoms with E-state index in [0.29, 0.717) is 5.25 Å². The van der Waals surface area contributed by atoms with Crippen molar-refractivity contribution < 1.29 is 4.43 Å². The highest BCUT2D eigenvalue weighted by atomic mass is 32.2. The molecule has 0 radical (unpaired) electrons. The smallest absolute Gasteiger partial charge is 0.195 e. The maximum atomic E-state index is 5.50. The molecule has 0 spiro atoms. The lowest BCUT2D eigenvalue weighted by molar-refractivity contribution is 0.410. The van der Waals surface area contributed by atoms with E-state index in [1.165, 1.54) is 0 Å². The average molecular weight is 193 g/mol. The SMILES string of the molecule is CO[Si](C)(C)CSC(C)CN. The zero-order valence-corrected chi connectivity index (χ0v) is 9.70. The fourth-order valence-electron chi connectivity index (χ4n) is 0.470. The van der Waals surface area contributed by atoms with E-state index < -0.39 is 8.32 Å². The number of hydrogen-bond donors (Lipinski definition) is 1. The van der Waals surface area contributed by atoms with Gasteiger partial charge in [-0.2, -0.15) is 11.8 Å². The van der Waals surface area contributed by atoms with Crippen LogP contribution in [0.3, 0.4) is 0 Å². The number of thioether (sulfide) groups is 1. The highest BCUT2D eigenvalue weighted by molar-refractivity contribution is 8.01. The van der Waals surface area contributed by atoms with Crippen LogP contribution in [0.2, 0.25) is 13.1 Å². The van der Waals surface area contributed by atoms with E-state index in [9.17, 15) is 0 Å². The third kappa shape index (κ3) is 5.72. The van der Waals surface area contributed by atoms with Gasteiger partial charge in [0.05, 0.1) is 0 Å². The van der Waals surface area contributed by atoms with Crippen molar-refractivity contribution in [2.24, 2.45) is 5.73 Å². The van der Waals surface area contributed by atoms with Gasteiger partial charge in [-0.25, -0.2) is 0 Å². The Balaban J connectivity index is 3.52. The lowest BCUT2D eigenvalue weighted by Gasteiger charge is -2.20. The van der Waals surface area contributed by atoms with Crippen LogP contribution < -0.4 is 5.73 Å². The second-order valence-electron chi connectivity index (χ2n) is 3.32. The Kier molecular flexibility index (Phi) is 5.42. The molecule has 0 saturated carbocycles. The molecular weight excluding hydrogens is 174 g/mol. The van der Waals surface area contributed by atoms with Crippen molar-refractivity contribution in [1.29, 1.82) is 0 Å². The number of nitrogens with two attached hydrogens (primary N) is 1. The Hall–Kier alpha value is 0.487. The molecule has 0 saturated heterocycles. The predicted molar refractivity (Wildman–Crippen MR) is 55.5 cm³/mol. The molecule has 11 heavy (non-hydrogen) atoms. The molecule has 0 aromatic heterocycles. The van der Waals surface area contributed by atoms with E-state index in [1.807, 2.05) is 11.8 Å². The highest BCUT2D eigenvalue weighted by Crippen LogP contribution is 2.16. The second-order valence-corrected chi connectivity index (χ2v) is 9.54. The monoisotopic (exact) mass is 193 g/mol. The molecule has 0 heterocycles. The third-order valence-corrected chi connectivity index (χ3v) is 6.91. The van der Waals surface area contributed by atoms with Crippen LogP contribution in [0.15, 0.2) is 0 Å². The maximum absolute atomic E-state index is 5.50. The Labute approximate surface area is 75.0 Å². The summed E-state index contributed by atoms with van der Waals surface area (Å²) in [6, 6.07) is 0. The van der Waals surface area contributed by atoms with Gasteiger partial charge in [-0.1, -0.05) is 6.92 Å². The lowest BCUT2D eigenvalue weighted by Crippen LogP contribution is -2.33. The van der Waals surface area contributed by atoms with Gasteiger partial charge in [0.1, 0.15) is 0 Å². The molecule has 1 unspecified atom stereocenters. The summed E-state index contributed by atoms with van der Waals surface area (Å²) in [4.78, 5) is 0. The van der Waals surface area contributed by atoms with Crippen molar-refractivity contribution in [3.63, 3.8) is 0 Å². The zero-order chi connectivity index (χ0) is 8.91. The fourth-order valence-corrected chi connectivity index (χ4v) is 3.82. The van der Waals surface area contributed by atoms with Gasteiger partial charge in [0.2, 0.25) is 0 Å². The Morgan fingerprint density at radius 3 is 2.45 bits per heavy atom. The minimum absolute atomic E-state index is 0.567. The first-order valence-electron chi connectivity index (χ1n) is 3.88. The van der Waals surface area contributed by atoms with Crippen molar-refractivity contribution in [1.82, 2.24) is 0 Å². The summed E-state index contributed by atoms with van der Waals surface area (Å²) in [6.07, 6.45) is 0. The van der Waals surface area contributed by atoms with E-state index in [2.05, 4.69) is 20.0 Å². The summed E-state index contributed by atoms with van der Waals surface area (Å²) in [7, 11) is 0.457. The molecule has 0 aromatic carbocycles. The standard InChI is InChI=1S/C7H19NOSSi/c1-7(5-8)10-6-11(3,4)9-2/h7H,5-6,8H2,1-4H3. The first-order valence-corrected chi connectivity index (χ1v) is 8.05. The normalized spacial score (nSPS) is 15.0. The van der Waals surface area contributed by atoms with Gasteiger partial charge in [-0.15, -0.1) is 0 Å². The molecule has 2 nitrogen and oxygen atoms in total. The molecule has 0 bridgehead atoms. The van der Waals surface area contributed by atoms with Crippen LogP contribution in [0.4, 0.5) is 0 Å². The molecule has 0 aromatic rings. The van der Waals surface area contributed by atoms with Crippen LogP contribution in [0, 0.1) is 0 Å². The minimum Gasteiger partial charge on any atom is -0.420 e. The summed E-state index contributed by atoms with van der Waals surface area (Å²) in [6.45, 7) is 7.37. The molecule has 0 amide bonds. The number of hydrogen-bond acceptors (Lipinski definition) is 3. The van der Waals surface area contributed by atoms with E-state index in [4.69, 9.17) is 10.2 Å². The largest absolute Gasteiger partial charge is 0.420 e. The first kappa shape index (κ1) is 11.5. The Morgan fingerprint density at radius 2 is 2.09 bits per heavy atom. The summed E-state index contributed by atoms with van der Waals surface area (Å²) in [5, 5.41) is 1.71.